The molecule has 1 amide bonds. The first-order valence-corrected chi connectivity index (χ1v) is 14.2. The highest BCUT2D eigenvalue weighted by molar-refractivity contribution is 7.92. The first-order valence-electron chi connectivity index (χ1n) is 10.8. The Kier molecular flexibility index (Phi) is 10.3. The van der Waals surface area contributed by atoms with Crippen molar-refractivity contribution < 1.29 is 42.1 Å². The van der Waals surface area contributed by atoms with Gasteiger partial charge in [0.05, 0.1) is 12.0 Å². The van der Waals surface area contributed by atoms with Crippen molar-refractivity contribution in [2.24, 2.45) is 0 Å². The van der Waals surface area contributed by atoms with Crippen LogP contribution in [0.15, 0.2) is 38.8 Å². The Balaban J connectivity index is 1.72. The van der Waals surface area contributed by atoms with Crippen LogP contribution < -0.4 is 14.8 Å². The van der Waals surface area contributed by atoms with Gasteiger partial charge in [-0.25, -0.2) is 27.0 Å². The maximum atomic E-state index is 13.2. The standard InChI is InChI=1S/C20H28N4O9S3/c1-3-21-17-12-23(8-5-9-31-2)36(29,30)19-16(17)11-18(34-19)35(28)22-20(25)33-15-7-4-6-14(10-15)13-32-24(26)27/h4,6-7,10-11,17,21,26-27H,3,5,8-9,12-13H2,1-2H3,(H,22,25)/t17-,35?/m0/s1. The SMILES string of the molecule is CCN[C@H]1CN(CCCOC)S(=O)(=O)c2sc(S(=O)NC(=O)Oc3cccc(CON(O)O)c3)cc21. The van der Waals surface area contributed by atoms with E-state index in [9.17, 15) is 17.4 Å². The van der Waals surface area contributed by atoms with Gasteiger partial charge in [0.25, 0.3) is 10.0 Å². The second-order valence-corrected chi connectivity index (χ2v) is 12.2. The molecule has 1 aliphatic rings. The number of rotatable bonds is 12. The van der Waals surface area contributed by atoms with E-state index in [1.165, 1.54) is 22.5 Å². The zero-order valence-electron chi connectivity index (χ0n) is 19.6. The highest BCUT2D eigenvalue weighted by Crippen LogP contribution is 2.39. The van der Waals surface area contributed by atoms with Gasteiger partial charge in [-0.05, 0) is 36.7 Å². The molecule has 3 rings (SSSR count). The molecule has 36 heavy (non-hydrogen) atoms. The van der Waals surface area contributed by atoms with E-state index in [1.54, 1.807) is 19.2 Å². The number of carbonyl (C=O) groups excluding carboxylic acids is 1. The molecule has 0 radical (unpaired) electrons. The van der Waals surface area contributed by atoms with Gasteiger partial charge in [-0.2, -0.15) is 4.31 Å². The number of sulfonamides is 1. The largest absolute Gasteiger partial charge is 0.424 e. The molecule has 13 nitrogen and oxygen atoms in total. The summed E-state index contributed by atoms with van der Waals surface area (Å²) >= 11 is 0.843. The third-order valence-electron chi connectivity index (χ3n) is 5.06. The fourth-order valence-electron chi connectivity index (χ4n) is 3.52. The number of amides is 1. The lowest BCUT2D eigenvalue weighted by Gasteiger charge is -2.32. The van der Waals surface area contributed by atoms with Crippen LogP contribution in [0.3, 0.4) is 0 Å². The van der Waals surface area contributed by atoms with Crippen LogP contribution in [0.1, 0.15) is 30.5 Å². The third kappa shape index (κ3) is 7.28. The topological polar surface area (TPSA) is 167 Å². The first kappa shape index (κ1) is 28.6. The van der Waals surface area contributed by atoms with Crippen LogP contribution in [0.4, 0.5) is 4.79 Å². The van der Waals surface area contributed by atoms with Crippen LogP contribution >= 0.6 is 11.3 Å². The van der Waals surface area contributed by atoms with Crippen LogP contribution in [0.5, 0.6) is 5.75 Å². The minimum Gasteiger partial charge on any atom is -0.410 e. The summed E-state index contributed by atoms with van der Waals surface area (Å²) in [5.74, 6) is 0.0972. The van der Waals surface area contributed by atoms with E-state index in [2.05, 4.69) is 14.9 Å². The molecule has 1 aliphatic heterocycles. The van der Waals surface area contributed by atoms with E-state index in [1.807, 2.05) is 6.92 Å². The number of hydrogen-bond acceptors (Lipinski definition) is 12. The van der Waals surface area contributed by atoms with Crippen molar-refractivity contribution in [2.45, 2.75) is 34.4 Å². The van der Waals surface area contributed by atoms with Crippen molar-refractivity contribution in [3.05, 3.63) is 41.5 Å². The van der Waals surface area contributed by atoms with Crippen molar-refractivity contribution in [1.29, 1.82) is 0 Å². The van der Waals surface area contributed by atoms with Gasteiger partial charge in [0.15, 0.2) is 11.0 Å². The zero-order valence-corrected chi connectivity index (χ0v) is 22.0. The van der Waals surface area contributed by atoms with Gasteiger partial charge in [0.2, 0.25) is 0 Å². The first-order chi connectivity index (χ1) is 17.1. The van der Waals surface area contributed by atoms with Crippen LogP contribution in [0.2, 0.25) is 0 Å². The zero-order chi connectivity index (χ0) is 26.3. The number of nitrogens with zero attached hydrogens (tertiary/aromatic N) is 2. The molecule has 1 unspecified atom stereocenters. The number of methoxy groups -OCH3 is 1. The number of benzene rings is 1. The molecule has 2 aromatic rings. The summed E-state index contributed by atoms with van der Waals surface area (Å²) < 4.78 is 53.3. The minimum absolute atomic E-state index is 0.0881. The van der Waals surface area contributed by atoms with Gasteiger partial charge >= 0.3 is 6.09 Å². The Hall–Kier alpha value is -1.99. The van der Waals surface area contributed by atoms with E-state index in [0.717, 1.165) is 11.3 Å². The number of ether oxygens (including phenoxy) is 2. The molecule has 0 saturated carbocycles. The molecule has 4 N–H and O–H groups in total. The monoisotopic (exact) mass is 564 g/mol. The fraction of sp³-hybridized carbons (Fsp3) is 0.450. The van der Waals surface area contributed by atoms with Crippen LogP contribution in [-0.2, 0) is 37.2 Å². The average Bonchev–Trinajstić information content (AvgIpc) is 3.28. The Morgan fingerprint density at radius 1 is 1.33 bits per heavy atom. The number of carbonyl (C=O) groups is 1. The molecule has 1 aromatic heterocycles. The quantitative estimate of drug-likeness (QED) is 0.219. The summed E-state index contributed by atoms with van der Waals surface area (Å²) in [6.45, 7) is 3.25. The summed E-state index contributed by atoms with van der Waals surface area (Å²) in [6.07, 6.45) is -0.483. The molecule has 0 aliphatic carbocycles. The minimum atomic E-state index is -3.79. The second-order valence-electron chi connectivity index (χ2n) is 7.56. The molecule has 16 heteroatoms. The van der Waals surface area contributed by atoms with Crippen molar-refractivity contribution in [3.8, 4) is 5.75 Å². The number of hydrogen-bond donors (Lipinski definition) is 4. The molecule has 2 heterocycles. The maximum absolute atomic E-state index is 13.2. The number of fused-ring (bicyclic) bond motifs is 1. The highest BCUT2D eigenvalue weighted by atomic mass is 32.3. The van der Waals surface area contributed by atoms with Gasteiger partial charge in [0.1, 0.15) is 14.2 Å². The van der Waals surface area contributed by atoms with E-state index in [0.29, 0.717) is 30.7 Å². The number of thiophene rings is 1. The summed E-state index contributed by atoms with van der Waals surface area (Å²) in [4.78, 5) is 16.8. The molecule has 0 fully saturated rings. The Morgan fingerprint density at radius 2 is 2.11 bits per heavy atom. The molecular formula is C20H28N4O9S3. The van der Waals surface area contributed by atoms with Gasteiger partial charge in [-0.1, -0.05) is 19.1 Å². The predicted molar refractivity (Wildman–Crippen MR) is 128 cm³/mol. The predicted octanol–water partition coefficient (Wildman–Crippen LogP) is 1.76. The Bertz CT molecular complexity index is 1170. The smallest absolute Gasteiger partial charge is 0.410 e. The van der Waals surface area contributed by atoms with E-state index in [4.69, 9.17) is 19.9 Å². The molecule has 1 aromatic carbocycles. The number of nitrogens with one attached hydrogen (secondary N) is 2. The van der Waals surface area contributed by atoms with Gasteiger partial charge < -0.3 is 14.8 Å². The molecule has 0 saturated heterocycles. The van der Waals surface area contributed by atoms with Crippen molar-refractivity contribution in [1.82, 2.24) is 19.7 Å². The van der Waals surface area contributed by atoms with Crippen molar-refractivity contribution in [3.63, 3.8) is 0 Å². The lowest BCUT2D eigenvalue weighted by atomic mass is 10.1. The fourth-order valence-corrected chi connectivity index (χ4v) is 8.03. The van der Waals surface area contributed by atoms with Crippen LogP contribution in [0.25, 0.3) is 0 Å². The van der Waals surface area contributed by atoms with Crippen molar-refractivity contribution >= 4 is 38.4 Å². The average molecular weight is 565 g/mol. The van der Waals surface area contributed by atoms with Gasteiger partial charge in [-0.3, -0.25) is 10.4 Å². The lowest BCUT2D eigenvalue weighted by Crippen LogP contribution is -2.43. The van der Waals surface area contributed by atoms with E-state index >= 15 is 0 Å². The summed E-state index contributed by atoms with van der Waals surface area (Å²) in [5.41, 5.74) is 0.980. The highest BCUT2D eigenvalue weighted by Gasteiger charge is 2.39. The summed E-state index contributed by atoms with van der Waals surface area (Å²) in [7, 11) is -4.31. The molecule has 2 atom stereocenters. The van der Waals surface area contributed by atoms with Gasteiger partial charge in [-0.15, -0.1) is 11.3 Å². The van der Waals surface area contributed by atoms with E-state index < -0.39 is 32.5 Å². The lowest BCUT2D eigenvalue weighted by molar-refractivity contribution is -0.497. The number of likely N-dealkylation sites (N-methyl/N-ethyl adjacent to an activating group) is 1. The Morgan fingerprint density at radius 3 is 2.81 bits per heavy atom. The molecular weight excluding hydrogens is 536 g/mol. The molecule has 0 bridgehead atoms. The normalized spacial score (nSPS) is 18.1. The second kappa shape index (κ2) is 13.0. The van der Waals surface area contributed by atoms with Crippen LogP contribution in [-0.4, -0.2) is 72.2 Å². The molecule has 200 valence electrons. The van der Waals surface area contributed by atoms with Crippen LogP contribution in [0, 0.1) is 0 Å². The maximum Gasteiger partial charge on any atom is 0.424 e. The summed E-state index contributed by atoms with van der Waals surface area (Å²) in [6, 6.07) is 7.28. The van der Waals surface area contributed by atoms with Gasteiger partial charge in [0, 0.05) is 38.4 Å². The molecule has 0 spiro atoms. The third-order valence-corrected chi connectivity index (χ3v) is 9.94. The Labute approximate surface area is 215 Å². The van der Waals surface area contributed by atoms with Crippen molar-refractivity contribution in [2.75, 3.05) is 33.4 Å². The van der Waals surface area contributed by atoms with E-state index in [-0.39, 0.29) is 39.9 Å². The summed E-state index contributed by atoms with van der Waals surface area (Å²) in [5, 5.41) is 20.1.